The third kappa shape index (κ3) is 8.93. The van der Waals surface area contributed by atoms with Crippen LogP contribution in [0.1, 0.15) is 82.3 Å². The van der Waals surface area contributed by atoms with E-state index in [2.05, 4.69) is 38.1 Å². The Balaban J connectivity index is 1.99. The second-order valence-corrected chi connectivity index (χ2v) is 6.49. The van der Waals surface area contributed by atoms with Gasteiger partial charge in [-0.1, -0.05) is 82.6 Å². The van der Waals surface area contributed by atoms with Crippen molar-refractivity contribution in [2.45, 2.75) is 90.5 Å². The summed E-state index contributed by atoms with van der Waals surface area (Å²) in [5.41, 5.74) is 9.11. The van der Waals surface area contributed by atoms with Gasteiger partial charge in [0.15, 0.2) is 0 Å². The Bertz CT molecular complexity index is 359. The molecule has 0 saturated heterocycles. The van der Waals surface area contributed by atoms with Crippen molar-refractivity contribution in [3.05, 3.63) is 35.4 Å². The van der Waals surface area contributed by atoms with Crippen LogP contribution in [0.3, 0.4) is 0 Å². The minimum absolute atomic E-state index is 0.379. The molecule has 1 rings (SSSR count). The molecule has 0 amide bonds. The van der Waals surface area contributed by atoms with Gasteiger partial charge >= 0.3 is 0 Å². The van der Waals surface area contributed by atoms with E-state index < -0.39 is 0 Å². The van der Waals surface area contributed by atoms with Gasteiger partial charge < -0.3 is 5.73 Å². The molecule has 0 radical (unpaired) electrons. The molecule has 0 heterocycles. The molecule has 21 heavy (non-hydrogen) atoms. The van der Waals surface area contributed by atoms with E-state index in [0.717, 1.165) is 12.8 Å². The normalized spacial score (nSPS) is 12.5. The molecule has 1 atom stereocenters. The standard InChI is InChI=1S/C20H35N/c1-3-4-5-6-7-8-9-10-15-20(21)17-16-19-14-12-11-13-18(19)2/h11-14,20H,3-10,15-17,21H2,1-2H3. The van der Waals surface area contributed by atoms with Gasteiger partial charge in [-0.15, -0.1) is 0 Å². The van der Waals surface area contributed by atoms with Crippen molar-refractivity contribution in [2.24, 2.45) is 5.73 Å². The van der Waals surface area contributed by atoms with E-state index in [1.807, 2.05) is 0 Å². The molecule has 0 fully saturated rings. The molecule has 120 valence electrons. The average Bonchev–Trinajstić information content (AvgIpc) is 2.49. The molecule has 0 aliphatic carbocycles. The summed E-state index contributed by atoms with van der Waals surface area (Å²) < 4.78 is 0. The summed E-state index contributed by atoms with van der Waals surface area (Å²) in [4.78, 5) is 0. The van der Waals surface area contributed by atoms with Gasteiger partial charge in [0.2, 0.25) is 0 Å². The Labute approximate surface area is 132 Å². The first-order valence-electron chi connectivity index (χ1n) is 9.04. The summed E-state index contributed by atoms with van der Waals surface area (Å²) in [6.45, 7) is 4.47. The second kappa shape index (κ2) is 11.8. The predicted octanol–water partition coefficient (Wildman–Crippen LogP) is 5.79. The molecule has 0 saturated carbocycles. The Morgan fingerprint density at radius 2 is 1.48 bits per heavy atom. The summed E-state index contributed by atoms with van der Waals surface area (Å²) >= 11 is 0. The van der Waals surface area contributed by atoms with Crippen molar-refractivity contribution in [3.8, 4) is 0 Å². The molecular formula is C20H35N. The van der Waals surface area contributed by atoms with E-state index in [1.54, 1.807) is 0 Å². The highest BCUT2D eigenvalue weighted by Crippen LogP contribution is 2.14. The summed E-state index contributed by atoms with van der Waals surface area (Å²) in [6.07, 6.45) is 14.5. The van der Waals surface area contributed by atoms with Gasteiger partial charge in [-0.05, 0) is 37.3 Å². The highest BCUT2D eigenvalue weighted by molar-refractivity contribution is 5.25. The first-order chi connectivity index (χ1) is 10.2. The van der Waals surface area contributed by atoms with Crippen LogP contribution in [-0.4, -0.2) is 6.04 Å². The van der Waals surface area contributed by atoms with Gasteiger partial charge in [-0.3, -0.25) is 0 Å². The first-order valence-corrected chi connectivity index (χ1v) is 9.04. The van der Waals surface area contributed by atoms with Gasteiger partial charge in [0.25, 0.3) is 0 Å². The maximum Gasteiger partial charge on any atom is 0.00419 e. The third-order valence-corrected chi connectivity index (χ3v) is 4.47. The van der Waals surface area contributed by atoms with Crippen LogP contribution >= 0.6 is 0 Å². The molecule has 1 heteroatoms. The van der Waals surface area contributed by atoms with Gasteiger partial charge in [-0.2, -0.15) is 0 Å². The zero-order chi connectivity index (χ0) is 15.3. The summed E-state index contributed by atoms with van der Waals surface area (Å²) in [5.74, 6) is 0. The molecule has 0 spiro atoms. The zero-order valence-corrected chi connectivity index (χ0v) is 14.2. The minimum atomic E-state index is 0.379. The van der Waals surface area contributed by atoms with Crippen molar-refractivity contribution < 1.29 is 0 Å². The van der Waals surface area contributed by atoms with Gasteiger partial charge in [0.05, 0.1) is 0 Å². The topological polar surface area (TPSA) is 26.0 Å². The lowest BCUT2D eigenvalue weighted by Crippen LogP contribution is -2.20. The quantitative estimate of drug-likeness (QED) is 0.484. The highest BCUT2D eigenvalue weighted by Gasteiger charge is 2.04. The van der Waals surface area contributed by atoms with E-state index in [1.165, 1.54) is 68.9 Å². The van der Waals surface area contributed by atoms with Gasteiger partial charge in [-0.25, -0.2) is 0 Å². The van der Waals surface area contributed by atoms with Crippen LogP contribution in [0.15, 0.2) is 24.3 Å². The maximum absolute atomic E-state index is 6.25. The average molecular weight is 290 g/mol. The molecule has 2 N–H and O–H groups in total. The fourth-order valence-electron chi connectivity index (χ4n) is 2.92. The molecule has 1 aromatic rings. The van der Waals surface area contributed by atoms with Gasteiger partial charge in [0, 0.05) is 6.04 Å². The molecule has 0 aromatic heterocycles. The predicted molar refractivity (Wildman–Crippen MR) is 94.7 cm³/mol. The molecule has 0 aliphatic heterocycles. The molecule has 1 aromatic carbocycles. The minimum Gasteiger partial charge on any atom is -0.328 e. The van der Waals surface area contributed by atoms with Crippen LogP contribution in [0, 0.1) is 6.92 Å². The van der Waals surface area contributed by atoms with Crippen LogP contribution < -0.4 is 5.73 Å². The molecule has 1 nitrogen and oxygen atoms in total. The third-order valence-electron chi connectivity index (χ3n) is 4.47. The molecular weight excluding hydrogens is 254 g/mol. The van der Waals surface area contributed by atoms with E-state index in [4.69, 9.17) is 5.73 Å². The van der Waals surface area contributed by atoms with E-state index in [9.17, 15) is 0 Å². The zero-order valence-electron chi connectivity index (χ0n) is 14.2. The van der Waals surface area contributed by atoms with E-state index in [0.29, 0.717) is 6.04 Å². The van der Waals surface area contributed by atoms with Crippen molar-refractivity contribution >= 4 is 0 Å². The van der Waals surface area contributed by atoms with Crippen LogP contribution in [0.4, 0.5) is 0 Å². The Morgan fingerprint density at radius 3 is 2.14 bits per heavy atom. The fourth-order valence-corrected chi connectivity index (χ4v) is 2.92. The highest BCUT2D eigenvalue weighted by atomic mass is 14.6. The van der Waals surface area contributed by atoms with Crippen LogP contribution in [0.5, 0.6) is 0 Å². The number of unbranched alkanes of at least 4 members (excludes halogenated alkanes) is 7. The summed E-state index contributed by atoms with van der Waals surface area (Å²) in [5, 5.41) is 0. The maximum atomic E-state index is 6.25. The van der Waals surface area contributed by atoms with Crippen molar-refractivity contribution in [1.82, 2.24) is 0 Å². The van der Waals surface area contributed by atoms with Crippen LogP contribution in [0.2, 0.25) is 0 Å². The van der Waals surface area contributed by atoms with Crippen LogP contribution in [0.25, 0.3) is 0 Å². The van der Waals surface area contributed by atoms with Crippen molar-refractivity contribution in [1.29, 1.82) is 0 Å². The fraction of sp³-hybridized carbons (Fsp3) is 0.700. The Morgan fingerprint density at radius 1 is 0.857 bits per heavy atom. The SMILES string of the molecule is CCCCCCCCCCC(N)CCc1ccccc1C. The van der Waals surface area contributed by atoms with Gasteiger partial charge in [0.1, 0.15) is 0 Å². The van der Waals surface area contributed by atoms with E-state index in [-0.39, 0.29) is 0 Å². The number of benzene rings is 1. The monoisotopic (exact) mass is 289 g/mol. The Kier molecular flexibility index (Phi) is 10.2. The first kappa shape index (κ1) is 18.2. The Hall–Kier alpha value is -0.820. The molecule has 0 aliphatic rings. The number of aryl methyl sites for hydroxylation is 2. The number of hydrogen-bond donors (Lipinski definition) is 1. The molecule has 0 bridgehead atoms. The number of rotatable bonds is 12. The van der Waals surface area contributed by atoms with Crippen molar-refractivity contribution in [2.75, 3.05) is 0 Å². The largest absolute Gasteiger partial charge is 0.328 e. The lowest BCUT2D eigenvalue weighted by Gasteiger charge is -2.12. The summed E-state index contributed by atoms with van der Waals surface area (Å²) in [6, 6.07) is 9.05. The number of nitrogens with two attached hydrogens (primary N) is 1. The molecule has 1 unspecified atom stereocenters. The van der Waals surface area contributed by atoms with Crippen molar-refractivity contribution in [3.63, 3.8) is 0 Å². The number of hydrogen-bond acceptors (Lipinski definition) is 1. The smallest absolute Gasteiger partial charge is 0.00419 e. The second-order valence-electron chi connectivity index (χ2n) is 6.49. The summed E-state index contributed by atoms with van der Waals surface area (Å²) in [7, 11) is 0. The lowest BCUT2D eigenvalue weighted by molar-refractivity contribution is 0.507. The van der Waals surface area contributed by atoms with E-state index >= 15 is 0 Å². The lowest BCUT2D eigenvalue weighted by atomic mass is 9.98. The van der Waals surface area contributed by atoms with Crippen LogP contribution in [-0.2, 0) is 6.42 Å².